The first kappa shape index (κ1) is 13.4. The summed E-state index contributed by atoms with van der Waals surface area (Å²) >= 11 is 1.61. The van der Waals surface area contributed by atoms with E-state index in [2.05, 4.69) is 16.9 Å². The number of hydrogen-bond donors (Lipinski definition) is 0. The second kappa shape index (κ2) is 5.50. The molecule has 0 N–H and O–H groups in total. The van der Waals surface area contributed by atoms with Gasteiger partial charge in [-0.1, -0.05) is 30.8 Å². The van der Waals surface area contributed by atoms with E-state index in [1.54, 1.807) is 18.0 Å². The molecule has 4 rings (SSSR count). The van der Waals surface area contributed by atoms with E-state index in [9.17, 15) is 0 Å². The standard InChI is InChI=1S/C17H14N2O2S/c1-2-14-18-15-12-7-3-4-8-13(12)21-16(15)17(19-14)22-10-11-6-5-9-20-11/h3-9H,2,10H2,1H3. The number of hydrogen-bond acceptors (Lipinski definition) is 5. The number of thioether (sulfide) groups is 1. The highest BCUT2D eigenvalue weighted by molar-refractivity contribution is 7.98. The minimum absolute atomic E-state index is 0.722. The number of para-hydroxylation sites is 1. The minimum atomic E-state index is 0.722. The van der Waals surface area contributed by atoms with Gasteiger partial charge in [-0.25, -0.2) is 9.97 Å². The number of aromatic nitrogens is 2. The van der Waals surface area contributed by atoms with Gasteiger partial charge in [0.25, 0.3) is 0 Å². The van der Waals surface area contributed by atoms with Crippen LogP contribution >= 0.6 is 11.8 Å². The summed E-state index contributed by atoms with van der Waals surface area (Å²) < 4.78 is 11.4. The van der Waals surface area contributed by atoms with Gasteiger partial charge in [-0.3, -0.25) is 0 Å². The third-order valence-corrected chi connectivity index (χ3v) is 4.46. The van der Waals surface area contributed by atoms with Crippen molar-refractivity contribution in [2.75, 3.05) is 0 Å². The molecule has 0 saturated carbocycles. The molecular weight excluding hydrogens is 296 g/mol. The quantitative estimate of drug-likeness (QED) is 0.399. The molecule has 0 bridgehead atoms. The van der Waals surface area contributed by atoms with Crippen molar-refractivity contribution in [2.45, 2.75) is 24.1 Å². The summed E-state index contributed by atoms with van der Waals surface area (Å²) in [5.41, 5.74) is 2.50. The molecule has 22 heavy (non-hydrogen) atoms. The highest BCUT2D eigenvalue weighted by Gasteiger charge is 2.15. The molecular formula is C17H14N2O2S. The van der Waals surface area contributed by atoms with Crippen molar-refractivity contribution < 1.29 is 8.83 Å². The van der Waals surface area contributed by atoms with Crippen molar-refractivity contribution in [2.24, 2.45) is 0 Å². The second-order valence-corrected chi connectivity index (χ2v) is 5.91. The Kier molecular flexibility index (Phi) is 3.35. The van der Waals surface area contributed by atoms with Gasteiger partial charge in [0, 0.05) is 11.8 Å². The lowest BCUT2D eigenvalue weighted by atomic mass is 10.2. The van der Waals surface area contributed by atoms with Crippen molar-refractivity contribution >= 4 is 33.8 Å². The number of benzene rings is 1. The first-order chi connectivity index (χ1) is 10.8. The Hall–Kier alpha value is -2.27. The SMILES string of the molecule is CCc1nc(SCc2ccco2)c2oc3ccccc3c2n1. The maximum absolute atomic E-state index is 5.98. The summed E-state index contributed by atoms with van der Waals surface area (Å²) in [5, 5.41) is 1.91. The van der Waals surface area contributed by atoms with E-state index in [1.165, 1.54) is 0 Å². The molecule has 1 aromatic carbocycles. The van der Waals surface area contributed by atoms with E-state index in [1.807, 2.05) is 36.4 Å². The molecule has 5 heteroatoms. The van der Waals surface area contributed by atoms with Gasteiger partial charge in [-0.15, -0.1) is 0 Å². The smallest absolute Gasteiger partial charge is 0.186 e. The predicted molar refractivity (Wildman–Crippen MR) is 87.0 cm³/mol. The molecule has 0 saturated heterocycles. The molecule has 0 fully saturated rings. The average Bonchev–Trinajstić information content (AvgIpc) is 3.20. The van der Waals surface area contributed by atoms with Crippen molar-refractivity contribution in [3.8, 4) is 0 Å². The first-order valence-corrected chi connectivity index (χ1v) is 8.17. The van der Waals surface area contributed by atoms with Crippen molar-refractivity contribution in [1.82, 2.24) is 9.97 Å². The van der Waals surface area contributed by atoms with Gasteiger partial charge in [0.15, 0.2) is 5.58 Å². The Bertz CT molecular complexity index is 929. The highest BCUT2D eigenvalue weighted by atomic mass is 32.2. The minimum Gasteiger partial charge on any atom is -0.468 e. The van der Waals surface area contributed by atoms with E-state index in [0.29, 0.717) is 0 Å². The van der Waals surface area contributed by atoms with E-state index >= 15 is 0 Å². The molecule has 4 aromatic rings. The summed E-state index contributed by atoms with van der Waals surface area (Å²) in [7, 11) is 0. The molecule has 0 radical (unpaired) electrons. The monoisotopic (exact) mass is 310 g/mol. The van der Waals surface area contributed by atoms with E-state index in [4.69, 9.17) is 8.83 Å². The van der Waals surface area contributed by atoms with E-state index in [0.717, 1.165) is 50.9 Å². The fourth-order valence-corrected chi connectivity index (χ4v) is 3.28. The van der Waals surface area contributed by atoms with Crippen LogP contribution in [0.4, 0.5) is 0 Å². The van der Waals surface area contributed by atoms with Crippen LogP contribution in [0.1, 0.15) is 18.5 Å². The number of aryl methyl sites for hydroxylation is 1. The Morgan fingerprint density at radius 3 is 2.82 bits per heavy atom. The molecule has 110 valence electrons. The van der Waals surface area contributed by atoms with Crippen LogP contribution < -0.4 is 0 Å². The Balaban J connectivity index is 1.84. The van der Waals surface area contributed by atoms with Crippen LogP contribution in [0, 0.1) is 0 Å². The number of furan rings is 2. The number of rotatable bonds is 4. The summed E-state index contributed by atoms with van der Waals surface area (Å²) in [6.45, 7) is 2.06. The largest absolute Gasteiger partial charge is 0.468 e. The molecule has 3 heterocycles. The Morgan fingerprint density at radius 2 is 2.00 bits per heavy atom. The summed E-state index contributed by atoms with van der Waals surface area (Å²) in [4.78, 5) is 9.28. The molecule has 0 unspecified atom stereocenters. The molecule has 0 aliphatic rings. The van der Waals surface area contributed by atoms with Gasteiger partial charge in [0.05, 0.1) is 12.0 Å². The van der Waals surface area contributed by atoms with Crippen molar-refractivity contribution in [3.05, 3.63) is 54.2 Å². The third kappa shape index (κ3) is 2.27. The second-order valence-electron chi connectivity index (χ2n) is 4.94. The lowest BCUT2D eigenvalue weighted by Gasteiger charge is -2.02. The maximum atomic E-state index is 5.98. The van der Waals surface area contributed by atoms with Gasteiger partial charge in [-0.05, 0) is 24.3 Å². The van der Waals surface area contributed by atoms with Crippen LogP contribution in [0.2, 0.25) is 0 Å². The molecule has 0 atom stereocenters. The summed E-state index contributed by atoms with van der Waals surface area (Å²) in [6.07, 6.45) is 2.48. The van der Waals surface area contributed by atoms with Crippen molar-refractivity contribution in [3.63, 3.8) is 0 Å². The molecule has 0 aliphatic heterocycles. The lowest BCUT2D eigenvalue weighted by molar-refractivity contribution is 0.530. The van der Waals surface area contributed by atoms with Crippen LogP contribution in [-0.4, -0.2) is 9.97 Å². The van der Waals surface area contributed by atoms with Crippen LogP contribution in [0.25, 0.3) is 22.1 Å². The predicted octanol–water partition coefficient (Wildman–Crippen LogP) is 4.82. The molecule has 4 nitrogen and oxygen atoms in total. The summed E-state index contributed by atoms with van der Waals surface area (Å²) in [5.74, 6) is 2.48. The fourth-order valence-electron chi connectivity index (χ4n) is 2.40. The number of fused-ring (bicyclic) bond motifs is 3. The zero-order valence-corrected chi connectivity index (χ0v) is 12.9. The van der Waals surface area contributed by atoms with Crippen LogP contribution in [0.15, 0.2) is 56.5 Å². The Morgan fingerprint density at radius 1 is 1.09 bits per heavy atom. The maximum Gasteiger partial charge on any atom is 0.186 e. The van der Waals surface area contributed by atoms with Gasteiger partial charge in [0.2, 0.25) is 0 Å². The van der Waals surface area contributed by atoms with Crippen LogP contribution in [-0.2, 0) is 12.2 Å². The topological polar surface area (TPSA) is 52.1 Å². The lowest BCUT2D eigenvalue weighted by Crippen LogP contribution is -1.95. The normalized spacial score (nSPS) is 11.5. The third-order valence-electron chi connectivity index (χ3n) is 3.48. The van der Waals surface area contributed by atoms with Crippen LogP contribution in [0.5, 0.6) is 0 Å². The van der Waals surface area contributed by atoms with E-state index < -0.39 is 0 Å². The molecule has 3 aromatic heterocycles. The Labute approximate surface area is 131 Å². The van der Waals surface area contributed by atoms with Gasteiger partial charge >= 0.3 is 0 Å². The zero-order valence-electron chi connectivity index (χ0n) is 12.1. The molecule has 0 aliphatic carbocycles. The van der Waals surface area contributed by atoms with Gasteiger partial charge < -0.3 is 8.83 Å². The van der Waals surface area contributed by atoms with Gasteiger partial charge in [0.1, 0.15) is 27.7 Å². The first-order valence-electron chi connectivity index (χ1n) is 7.18. The number of nitrogens with zero attached hydrogens (tertiary/aromatic N) is 2. The molecule has 0 amide bonds. The zero-order chi connectivity index (χ0) is 14.9. The van der Waals surface area contributed by atoms with Crippen molar-refractivity contribution in [1.29, 1.82) is 0 Å². The van der Waals surface area contributed by atoms with E-state index in [-0.39, 0.29) is 0 Å². The van der Waals surface area contributed by atoms with Crippen LogP contribution in [0.3, 0.4) is 0 Å². The summed E-state index contributed by atoms with van der Waals surface area (Å²) in [6, 6.07) is 11.8. The fraction of sp³-hybridized carbons (Fsp3) is 0.176. The average molecular weight is 310 g/mol. The highest BCUT2D eigenvalue weighted by Crippen LogP contribution is 2.34. The van der Waals surface area contributed by atoms with Gasteiger partial charge in [-0.2, -0.15) is 0 Å². The molecule has 0 spiro atoms.